The van der Waals surface area contributed by atoms with E-state index in [-0.39, 0.29) is 17.6 Å². The molecule has 0 spiro atoms. The summed E-state index contributed by atoms with van der Waals surface area (Å²) in [4.78, 5) is 25.1. The van der Waals surface area contributed by atoms with Crippen LogP contribution >= 0.6 is 15.9 Å². The van der Waals surface area contributed by atoms with Gasteiger partial charge < -0.3 is 4.90 Å². The molecule has 2 rings (SSSR count). The van der Waals surface area contributed by atoms with Gasteiger partial charge in [0.1, 0.15) is 5.78 Å². The average Bonchev–Trinajstić information content (AvgIpc) is 2.71. The molecule has 1 amide bonds. The van der Waals surface area contributed by atoms with Crippen LogP contribution in [0.1, 0.15) is 12.0 Å². The van der Waals surface area contributed by atoms with Crippen molar-refractivity contribution >= 4 is 27.6 Å². The minimum absolute atomic E-state index is 0.0770. The van der Waals surface area contributed by atoms with Crippen molar-refractivity contribution in [3.63, 3.8) is 0 Å². The molecule has 0 N–H and O–H groups in total. The molecule has 4 heteroatoms. The molecule has 1 aromatic carbocycles. The second-order valence-corrected chi connectivity index (χ2v) is 4.82. The maximum absolute atomic E-state index is 11.8. The SMILES string of the molecule is O=C(CBr)C1CC(=O)N(Cc2ccccc2)C1. The Morgan fingerprint density at radius 2 is 2.06 bits per heavy atom. The molecule has 1 unspecified atom stereocenters. The van der Waals surface area contributed by atoms with Gasteiger partial charge in [0.05, 0.1) is 5.33 Å². The summed E-state index contributed by atoms with van der Waals surface area (Å²) < 4.78 is 0. The first-order chi connectivity index (χ1) is 8.20. The van der Waals surface area contributed by atoms with Gasteiger partial charge in [0.15, 0.2) is 0 Å². The summed E-state index contributed by atoms with van der Waals surface area (Å²) in [6.07, 6.45) is 0.358. The summed E-state index contributed by atoms with van der Waals surface area (Å²) in [7, 11) is 0. The minimum Gasteiger partial charge on any atom is -0.338 e. The molecule has 0 aromatic heterocycles. The van der Waals surface area contributed by atoms with Gasteiger partial charge in [-0.1, -0.05) is 46.3 Å². The lowest BCUT2D eigenvalue weighted by molar-refractivity contribution is -0.128. The average molecular weight is 296 g/mol. The molecule has 0 radical (unpaired) electrons. The number of halogens is 1. The van der Waals surface area contributed by atoms with Crippen LogP contribution in [0.25, 0.3) is 0 Å². The Bertz CT molecular complexity index is 419. The van der Waals surface area contributed by atoms with Gasteiger partial charge in [0.25, 0.3) is 0 Å². The Balaban J connectivity index is 1.99. The molecular formula is C13H14BrNO2. The fraction of sp³-hybridized carbons (Fsp3) is 0.385. The fourth-order valence-electron chi connectivity index (χ4n) is 2.05. The van der Waals surface area contributed by atoms with Crippen LogP contribution in [0.15, 0.2) is 30.3 Å². The van der Waals surface area contributed by atoms with Crippen LogP contribution in [0.3, 0.4) is 0 Å². The van der Waals surface area contributed by atoms with E-state index >= 15 is 0 Å². The largest absolute Gasteiger partial charge is 0.338 e. The van der Waals surface area contributed by atoms with E-state index in [2.05, 4.69) is 15.9 Å². The predicted molar refractivity (Wildman–Crippen MR) is 68.8 cm³/mol. The van der Waals surface area contributed by atoms with Crippen LogP contribution in [0.2, 0.25) is 0 Å². The zero-order valence-electron chi connectivity index (χ0n) is 9.43. The summed E-state index contributed by atoms with van der Waals surface area (Å²) >= 11 is 3.15. The monoisotopic (exact) mass is 295 g/mol. The first-order valence-electron chi connectivity index (χ1n) is 5.61. The summed E-state index contributed by atoms with van der Waals surface area (Å²) in [5.41, 5.74) is 1.10. The minimum atomic E-state index is -0.134. The molecule has 1 aliphatic heterocycles. The zero-order chi connectivity index (χ0) is 12.3. The maximum atomic E-state index is 11.8. The normalized spacial score (nSPS) is 19.7. The van der Waals surface area contributed by atoms with Gasteiger partial charge in [-0.25, -0.2) is 0 Å². The molecule has 1 aromatic rings. The van der Waals surface area contributed by atoms with Crippen LogP contribution in [-0.2, 0) is 16.1 Å². The van der Waals surface area contributed by atoms with E-state index in [4.69, 9.17) is 0 Å². The molecule has 17 heavy (non-hydrogen) atoms. The van der Waals surface area contributed by atoms with Gasteiger partial charge in [-0.05, 0) is 5.56 Å². The van der Waals surface area contributed by atoms with E-state index < -0.39 is 0 Å². The van der Waals surface area contributed by atoms with Crippen LogP contribution in [0.4, 0.5) is 0 Å². The summed E-state index contributed by atoms with van der Waals surface area (Å²) in [6, 6.07) is 9.85. The van der Waals surface area contributed by atoms with E-state index in [1.165, 1.54) is 0 Å². The number of hydrogen-bond acceptors (Lipinski definition) is 2. The second-order valence-electron chi connectivity index (χ2n) is 4.26. The van der Waals surface area contributed by atoms with Crippen LogP contribution in [0.5, 0.6) is 0 Å². The number of amides is 1. The molecule has 1 saturated heterocycles. The Kier molecular flexibility index (Phi) is 3.94. The number of carbonyl (C=O) groups excluding carboxylic acids is 2. The number of alkyl halides is 1. The number of hydrogen-bond donors (Lipinski definition) is 0. The number of ketones is 1. The number of nitrogens with zero attached hydrogens (tertiary/aromatic N) is 1. The summed E-state index contributed by atoms with van der Waals surface area (Å²) in [5, 5.41) is 0.337. The number of Topliss-reactive ketones (excluding diaryl/α,β-unsaturated/α-hetero) is 1. The Morgan fingerprint density at radius 3 is 2.71 bits per heavy atom. The van der Waals surface area contributed by atoms with E-state index in [1.807, 2.05) is 30.3 Å². The van der Waals surface area contributed by atoms with Crippen molar-refractivity contribution in [1.82, 2.24) is 4.90 Å². The first-order valence-corrected chi connectivity index (χ1v) is 6.73. The van der Waals surface area contributed by atoms with Gasteiger partial charge in [-0.3, -0.25) is 9.59 Å². The molecule has 90 valence electrons. The van der Waals surface area contributed by atoms with Crippen molar-refractivity contribution in [2.24, 2.45) is 5.92 Å². The Labute approximate surface area is 109 Å². The molecule has 1 heterocycles. The molecule has 0 bridgehead atoms. The molecule has 0 aliphatic carbocycles. The van der Waals surface area contributed by atoms with Crippen molar-refractivity contribution < 1.29 is 9.59 Å². The third-order valence-corrected chi connectivity index (χ3v) is 3.57. The van der Waals surface area contributed by atoms with Crippen LogP contribution < -0.4 is 0 Å². The zero-order valence-corrected chi connectivity index (χ0v) is 11.0. The first kappa shape index (κ1) is 12.3. The van der Waals surface area contributed by atoms with Gasteiger partial charge in [0, 0.05) is 25.4 Å². The highest BCUT2D eigenvalue weighted by Crippen LogP contribution is 2.21. The van der Waals surface area contributed by atoms with E-state index in [0.717, 1.165) is 5.56 Å². The lowest BCUT2D eigenvalue weighted by atomic mass is 10.1. The van der Waals surface area contributed by atoms with E-state index in [9.17, 15) is 9.59 Å². The van der Waals surface area contributed by atoms with E-state index in [0.29, 0.717) is 24.8 Å². The highest BCUT2D eigenvalue weighted by atomic mass is 79.9. The molecular weight excluding hydrogens is 282 g/mol. The number of carbonyl (C=O) groups is 2. The van der Waals surface area contributed by atoms with Crippen molar-refractivity contribution in [2.75, 3.05) is 11.9 Å². The molecule has 1 atom stereocenters. The molecule has 1 fully saturated rings. The van der Waals surface area contributed by atoms with Crippen molar-refractivity contribution in [3.05, 3.63) is 35.9 Å². The van der Waals surface area contributed by atoms with Gasteiger partial charge >= 0.3 is 0 Å². The Hall–Kier alpha value is -1.16. The fourth-order valence-corrected chi connectivity index (χ4v) is 2.51. The second kappa shape index (κ2) is 5.45. The van der Waals surface area contributed by atoms with Gasteiger partial charge in [0.2, 0.25) is 5.91 Å². The van der Waals surface area contributed by atoms with Gasteiger partial charge in [-0.2, -0.15) is 0 Å². The maximum Gasteiger partial charge on any atom is 0.223 e. The third-order valence-electron chi connectivity index (χ3n) is 3.02. The van der Waals surface area contributed by atoms with E-state index in [1.54, 1.807) is 4.90 Å². The molecule has 1 aliphatic rings. The number of benzene rings is 1. The number of likely N-dealkylation sites (tertiary alicyclic amines) is 1. The van der Waals surface area contributed by atoms with Crippen LogP contribution in [0, 0.1) is 5.92 Å². The van der Waals surface area contributed by atoms with Crippen molar-refractivity contribution in [2.45, 2.75) is 13.0 Å². The highest BCUT2D eigenvalue weighted by Gasteiger charge is 2.33. The topological polar surface area (TPSA) is 37.4 Å². The molecule has 3 nitrogen and oxygen atoms in total. The highest BCUT2D eigenvalue weighted by molar-refractivity contribution is 9.09. The summed E-state index contributed by atoms with van der Waals surface area (Å²) in [5.74, 6) is 0.0626. The third kappa shape index (κ3) is 2.94. The van der Waals surface area contributed by atoms with Crippen LogP contribution in [-0.4, -0.2) is 28.5 Å². The Morgan fingerprint density at radius 1 is 1.35 bits per heavy atom. The smallest absolute Gasteiger partial charge is 0.223 e. The van der Waals surface area contributed by atoms with Crippen molar-refractivity contribution in [1.29, 1.82) is 0 Å². The standard InChI is InChI=1S/C13H14BrNO2/c14-7-12(16)11-6-13(17)15(9-11)8-10-4-2-1-3-5-10/h1-5,11H,6-9H2. The quantitative estimate of drug-likeness (QED) is 0.797. The lowest BCUT2D eigenvalue weighted by Crippen LogP contribution is -2.26. The molecule has 0 saturated carbocycles. The number of rotatable bonds is 4. The van der Waals surface area contributed by atoms with Gasteiger partial charge in [-0.15, -0.1) is 0 Å². The lowest BCUT2D eigenvalue weighted by Gasteiger charge is -2.16. The van der Waals surface area contributed by atoms with Crippen molar-refractivity contribution in [3.8, 4) is 0 Å². The summed E-state index contributed by atoms with van der Waals surface area (Å²) in [6.45, 7) is 1.16. The predicted octanol–water partition coefficient (Wildman–Crippen LogP) is 2.00.